The van der Waals surface area contributed by atoms with Crippen molar-refractivity contribution in [3.63, 3.8) is 0 Å². The molecule has 2 aromatic rings. The van der Waals surface area contributed by atoms with E-state index in [0.717, 1.165) is 5.56 Å². The summed E-state index contributed by atoms with van der Waals surface area (Å²) >= 11 is 0. The van der Waals surface area contributed by atoms with Gasteiger partial charge in [0.1, 0.15) is 6.79 Å². The summed E-state index contributed by atoms with van der Waals surface area (Å²) < 4.78 is 16.5. The van der Waals surface area contributed by atoms with E-state index < -0.39 is 0 Å². The highest BCUT2D eigenvalue weighted by Crippen LogP contribution is 2.30. The molecule has 0 bridgehead atoms. The minimum atomic E-state index is -0.321. The fourth-order valence-electron chi connectivity index (χ4n) is 2.53. The summed E-state index contributed by atoms with van der Waals surface area (Å²) in [6, 6.07) is 18.9. The van der Waals surface area contributed by atoms with E-state index in [1.807, 2.05) is 48.5 Å². The fraction of sp³-hybridized carbons (Fsp3) is 0.278. The Kier molecular flexibility index (Phi) is 4.83. The third-order valence-electron chi connectivity index (χ3n) is 3.66. The van der Waals surface area contributed by atoms with Crippen molar-refractivity contribution in [1.82, 2.24) is 0 Å². The highest BCUT2D eigenvalue weighted by atomic mass is 16.7. The van der Waals surface area contributed by atoms with Gasteiger partial charge in [-0.25, -0.2) is 4.79 Å². The SMILES string of the molecule is O=C(OC[C@@H]1COCO[C@@H]1c1ccccc1)c1ccccc1. The maximum atomic E-state index is 12.0. The highest BCUT2D eigenvalue weighted by Gasteiger charge is 2.29. The van der Waals surface area contributed by atoms with Crippen LogP contribution in [0.15, 0.2) is 60.7 Å². The Hall–Kier alpha value is -2.17. The molecule has 1 fully saturated rings. The lowest BCUT2D eigenvalue weighted by atomic mass is 9.96. The smallest absolute Gasteiger partial charge is 0.338 e. The van der Waals surface area contributed by atoms with Gasteiger partial charge >= 0.3 is 5.97 Å². The van der Waals surface area contributed by atoms with E-state index in [2.05, 4.69) is 0 Å². The Balaban J connectivity index is 1.64. The van der Waals surface area contributed by atoms with Crippen molar-refractivity contribution < 1.29 is 19.0 Å². The molecule has 0 aromatic heterocycles. The molecule has 3 rings (SSSR count). The Labute approximate surface area is 129 Å². The van der Waals surface area contributed by atoms with Crippen LogP contribution in [-0.4, -0.2) is 26.0 Å². The molecule has 0 radical (unpaired) electrons. The zero-order chi connectivity index (χ0) is 15.2. The molecule has 1 aliphatic rings. The maximum Gasteiger partial charge on any atom is 0.338 e. The van der Waals surface area contributed by atoms with Crippen molar-refractivity contribution in [2.75, 3.05) is 20.0 Å². The molecule has 1 saturated heterocycles. The minimum absolute atomic E-state index is 0.0104. The first-order chi connectivity index (χ1) is 10.8. The summed E-state index contributed by atoms with van der Waals surface area (Å²) in [6.07, 6.45) is -0.112. The summed E-state index contributed by atoms with van der Waals surface area (Å²) in [6.45, 7) is 1.05. The topological polar surface area (TPSA) is 44.8 Å². The fourth-order valence-corrected chi connectivity index (χ4v) is 2.53. The lowest BCUT2D eigenvalue weighted by molar-refractivity contribution is -0.180. The molecule has 0 unspecified atom stereocenters. The van der Waals surface area contributed by atoms with Gasteiger partial charge in [-0.15, -0.1) is 0 Å². The van der Waals surface area contributed by atoms with Crippen molar-refractivity contribution in [2.24, 2.45) is 5.92 Å². The maximum absolute atomic E-state index is 12.0. The van der Waals surface area contributed by atoms with Gasteiger partial charge in [0.05, 0.1) is 24.9 Å². The molecule has 22 heavy (non-hydrogen) atoms. The molecule has 2 atom stereocenters. The minimum Gasteiger partial charge on any atom is -0.462 e. The van der Waals surface area contributed by atoms with Gasteiger partial charge in [-0.05, 0) is 17.7 Å². The number of benzene rings is 2. The predicted octanol–water partition coefficient (Wildman–Crippen LogP) is 3.21. The van der Waals surface area contributed by atoms with Gasteiger partial charge < -0.3 is 14.2 Å². The molecule has 0 saturated carbocycles. The number of hydrogen-bond donors (Lipinski definition) is 0. The molecule has 0 N–H and O–H groups in total. The number of ether oxygens (including phenoxy) is 3. The van der Waals surface area contributed by atoms with Crippen LogP contribution in [0.2, 0.25) is 0 Å². The average Bonchev–Trinajstić information content (AvgIpc) is 2.61. The highest BCUT2D eigenvalue weighted by molar-refractivity contribution is 5.89. The third kappa shape index (κ3) is 3.53. The second-order valence-corrected chi connectivity index (χ2v) is 5.21. The number of rotatable bonds is 4. The van der Waals surface area contributed by atoms with E-state index in [1.54, 1.807) is 12.1 Å². The Bertz CT molecular complexity index is 597. The van der Waals surface area contributed by atoms with Crippen LogP contribution >= 0.6 is 0 Å². The zero-order valence-corrected chi connectivity index (χ0v) is 12.2. The Morgan fingerprint density at radius 1 is 1.05 bits per heavy atom. The van der Waals surface area contributed by atoms with Gasteiger partial charge in [0.2, 0.25) is 0 Å². The summed E-state index contributed by atoms with van der Waals surface area (Å²) in [7, 11) is 0. The molecule has 4 nitrogen and oxygen atoms in total. The number of hydrogen-bond acceptors (Lipinski definition) is 4. The van der Waals surface area contributed by atoms with Gasteiger partial charge in [-0.2, -0.15) is 0 Å². The van der Waals surface area contributed by atoms with E-state index in [4.69, 9.17) is 14.2 Å². The Morgan fingerprint density at radius 2 is 1.73 bits per heavy atom. The molecule has 114 valence electrons. The van der Waals surface area contributed by atoms with Crippen LogP contribution < -0.4 is 0 Å². The normalized spacial score (nSPS) is 21.3. The largest absolute Gasteiger partial charge is 0.462 e. The van der Waals surface area contributed by atoms with Crippen molar-refractivity contribution in [3.8, 4) is 0 Å². The van der Waals surface area contributed by atoms with Crippen LogP contribution in [0.25, 0.3) is 0 Å². The summed E-state index contributed by atoms with van der Waals surface area (Å²) in [5, 5.41) is 0. The summed E-state index contributed by atoms with van der Waals surface area (Å²) in [4.78, 5) is 12.0. The van der Waals surface area contributed by atoms with Crippen LogP contribution in [-0.2, 0) is 14.2 Å². The van der Waals surface area contributed by atoms with Crippen LogP contribution in [0.5, 0.6) is 0 Å². The first kappa shape index (κ1) is 14.8. The second kappa shape index (κ2) is 7.20. The van der Waals surface area contributed by atoms with Crippen molar-refractivity contribution in [3.05, 3.63) is 71.8 Å². The van der Waals surface area contributed by atoms with E-state index in [-0.39, 0.29) is 31.4 Å². The summed E-state index contributed by atoms with van der Waals surface area (Å²) in [5.41, 5.74) is 1.63. The van der Waals surface area contributed by atoms with Gasteiger partial charge in [0.15, 0.2) is 0 Å². The van der Waals surface area contributed by atoms with Crippen LogP contribution in [0.4, 0.5) is 0 Å². The van der Waals surface area contributed by atoms with E-state index >= 15 is 0 Å². The quantitative estimate of drug-likeness (QED) is 0.813. The molecular formula is C18H18O4. The first-order valence-corrected chi connectivity index (χ1v) is 7.31. The zero-order valence-electron chi connectivity index (χ0n) is 12.2. The second-order valence-electron chi connectivity index (χ2n) is 5.21. The van der Waals surface area contributed by atoms with Crippen molar-refractivity contribution >= 4 is 5.97 Å². The molecule has 1 aliphatic heterocycles. The number of carbonyl (C=O) groups excluding carboxylic acids is 1. The van der Waals surface area contributed by atoms with Gasteiger partial charge in [-0.1, -0.05) is 48.5 Å². The molecule has 4 heteroatoms. The molecule has 0 amide bonds. The van der Waals surface area contributed by atoms with Gasteiger partial charge in [0.25, 0.3) is 0 Å². The lowest BCUT2D eigenvalue weighted by Gasteiger charge is -2.31. The van der Waals surface area contributed by atoms with Crippen molar-refractivity contribution in [1.29, 1.82) is 0 Å². The summed E-state index contributed by atoms with van der Waals surface area (Å²) in [5.74, 6) is -0.332. The van der Waals surface area contributed by atoms with Crippen molar-refractivity contribution in [2.45, 2.75) is 6.10 Å². The standard InChI is InChI=1S/C18H18O4/c19-18(15-9-5-2-6-10-15)21-12-16-11-20-13-22-17(16)14-7-3-1-4-8-14/h1-10,16-17H,11-13H2/t16-,17+/m0/s1. The van der Waals surface area contributed by atoms with E-state index in [9.17, 15) is 4.79 Å². The monoisotopic (exact) mass is 298 g/mol. The lowest BCUT2D eigenvalue weighted by Crippen LogP contribution is -2.32. The van der Waals surface area contributed by atoms with E-state index in [0.29, 0.717) is 12.2 Å². The molecule has 1 heterocycles. The average molecular weight is 298 g/mol. The van der Waals surface area contributed by atoms with Crippen LogP contribution in [0.3, 0.4) is 0 Å². The molecule has 0 spiro atoms. The number of esters is 1. The van der Waals surface area contributed by atoms with Crippen LogP contribution in [0.1, 0.15) is 22.0 Å². The predicted molar refractivity (Wildman–Crippen MR) is 81.3 cm³/mol. The molecular weight excluding hydrogens is 280 g/mol. The molecule has 2 aromatic carbocycles. The van der Waals surface area contributed by atoms with Gasteiger partial charge in [0, 0.05) is 5.92 Å². The number of carbonyl (C=O) groups is 1. The first-order valence-electron chi connectivity index (χ1n) is 7.31. The molecule has 0 aliphatic carbocycles. The van der Waals surface area contributed by atoms with Gasteiger partial charge in [-0.3, -0.25) is 0 Å². The Morgan fingerprint density at radius 3 is 2.45 bits per heavy atom. The van der Waals surface area contributed by atoms with E-state index in [1.165, 1.54) is 0 Å². The van der Waals surface area contributed by atoms with Crippen LogP contribution in [0, 0.1) is 5.92 Å². The third-order valence-corrected chi connectivity index (χ3v) is 3.66.